The predicted octanol–water partition coefficient (Wildman–Crippen LogP) is 3.51. The minimum atomic E-state index is -0.263. The van der Waals surface area contributed by atoms with Gasteiger partial charge in [-0.3, -0.25) is 4.79 Å². The van der Waals surface area contributed by atoms with Gasteiger partial charge < -0.3 is 4.90 Å². The molecule has 0 unspecified atom stereocenters. The van der Waals surface area contributed by atoms with Crippen LogP contribution in [0, 0.1) is 5.82 Å². The quantitative estimate of drug-likeness (QED) is 0.768. The molecule has 0 N–H and O–H groups in total. The number of nitrogens with zero attached hydrogens (tertiary/aromatic N) is 1. The van der Waals surface area contributed by atoms with Crippen molar-refractivity contribution in [2.24, 2.45) is 0 Å². The third kappa shape index (κ3) is 2.84. The van der Waals surface area contributed by atoms with Crippen LogP contribution in [0.25, 0.3) is 0 Å². The standard InChI is InChI=1S/C14H18FNO/c1-11(17)16(13-5-3-2-4-6-13)14-9-7-12(15)8-10-14/h7-10,13H,2-6H2,1H3. The molecule has 1 amide bonds. The first-order valence-electron chi connectivity index (χ1n) is 6.24. The summed E-state index contributed by atoms with van der Waals surface area (Å²) in [6, 6.07) is 6.48. The third-order valence-corrected chi connectivity index (χ3v) is 3.38. The molecule has 1 fully saturated rings. The molecule has 1 aromatic rings. The van der Waals surface area contributed by atoms with Crippen LogP contribution >= 0.6 is 0 Å². The number of hydrogen-bond acceptors (Lipinski definition) is 1. The first-order chi connectivity index (χ1) is 8.18. The number of amides is 1. The normalized spacial score (nSPS) is 16.8. The van der Waals surface area contributed by atoms with Crippen molar-refractivity contribution in [1.82, 2.24) is 0 Å². The molecule has 2 nitrogen and oxygen atoms in total. The SMILES string of the molecule is CC(=O)N(c1ccc(F)cc1)C1CCCCC1. The van der Waals surface area contributed by atoms with Crippen LogP contribution in [-0.2, 0) is 4.79 Å². The van der Waals surface area contributed by atoms with Crippen molar-refractivity contribution in [2.45, 2.75) is 45.1 Å². The molecule has 0 aliphatic heterocycles. The Kier molecular flexibility index (Phi) is 3.77. The van der Waals surface area contributed by atoms with Crippen molar-refractivity contribution in [2.75, 3.05) is 4.90 Å². The van der Waals surface area contributed by atoms with Gasteiger partial charge in [0.05, 0.1) is 0 Å². The molecule has 0 spiro atoms. The van der Waals surface area contributed by atoms with Crippen LogP contribution in [0.15, 0.2) is 24.3 Å². The molecule has 1 aliphatic rings. The molecule has 92 valence electrons. The van der Waals surface area contributed by atoms with E-state index in [2.05, 4.69) is 0 Å². The van der Waals surface area contributed by atoms with Gasteiger partial charge in [-0.1, -0.05) is 19.3 Å². The molecule has 1 saturated carbocycles. The highest BCUT2D eigenvalue weighted by Crippen LogP contribution is 2.27. The number of benzene rings is 1. The Morgan fingerprint density at radius 2 is 1.76 bits per heavy atom. The fourth-order valence-corrected chi connectivity index (χ4v) is 2.59. The summed E-state index contributed by atoms with van der Waals surface area (Å²) in [6.45, 7) is 1.58. The first kappa shape index (κ1) is 12.1. The fraction of sp³-hybridized carbons (Fsp3) is 0.500. The molecule has 0 atom stereocenters. The molecule has 0 saturated heterocycles. The van der Waals surface area contributed by atoms with Crippen LogP contribution in [0.2, 0.25) is 0 Å². The summed E-state index contributed by atoms with van der Waals surface area (Å²) in [5.74, 6) is -0.218. The highest BCUT2D eigenvalue weighted by atomic mass is 19.1. The number of halogens is 1. The van der Waals surface area contributed by atoms with E-state index < -0.39 is 0 Å². The maximum atomic E-state index is 12.9. The smallest absolute Gasteiger partial charge is 0.224 e. The summed E-state index contributed by atoms with van der Waals surface area (Å²) < 4.78 is 12.9. The lowest BCUT2D eigenvalue weighted by molar-refractivity contribution is -0.117. The van der Waals surface area contributed by atoms with Gasteiger partial charge in [0.1, 0.15) is 5.82 Å². The Bertz CT molecular complexity index is 382. The van der Waals surface area contributed by atoms with E-state index in [1.165, 1.54) is 31.4 Å². The summed E-state index contributed by atoms with van der Waals surface area (Å²) in [4.78, 5) is 13.6. The molecule has 1 aliphatic carbocycles. The monoisotopic (exact) mass is 235 g/mol. The summed E-state index contributed by atoms with van der Waals surface area (Å²) >= 11 is 0. The van der Waals surface area contributed by atoms with Crippen molar-refractivity contribution in [3.05, 3.63) is 30.1 Å². The van der Waals surface area contributed by atoms with Crippen LogP contribution in [0.5, 0.6) is 0 Å². The summed E-state index contributed by atoms with van der Waals surface area (Å²) in [7, 11) is 0. The van der Waals surface area contributed by atoms with E-state index in [-0.39, 0.29) is 17.8 Å². The van der Waals surface area contributed by atoms with Gasteiger partial charge in [-0.15, -0.1) is 0 Å². The largest absolute Gasteiger partial charge is 0.310 e. The Balaban J connectivity index is 2.21. The van der Waals surface area contributed by atoms with Gasteiger partial charge in [-0.25, -0.2) is 4.39 Å². The molecule has 0 bridgehead atoms. The van der Waals surface area contributed by atoms with Crippen LogP contribution in [-0.4, -0.2) is 11.9 Å². The number of carbonyl (C=O) groups is 1. The van der Waals surface area contributed by atoms with E-state index in [9.17, 15) is 9.18 Å². The molecule has 17 heavy (non-hydrogen) atoms. The second kappa shape index (κ2) is 5.30. The fourth-order valence-electron chi connectivity index (χ4n) is 2.59. The molecule has 0 radical (unpaired) electrons. The molecule has 0 heterocycles. The van der Waals surface area contributed by atoms with Gasteiger partial charge in [0, 0.05) is 18.7 Å². The van der Waals surface area contributed by atoms with Crippen LogP contribution in [0.1, 0.15) is 39.0 Å². The number of anilines is 1. The van der Waals surface area contributed by atoms with Crippen molar-refractivity contribution in [3.8, 4) is 0 Å². The molecular formula is C14H18FNO. The highest BCUT2D eigenvalue weighted by Gasteiger charge is 2.24. The van der Waals surface area contributed by atoms with Gasteiger partial charge in [0.25, 0.3) is 0 Å². The number of carbonyl (C=O) groups excluding carboxylic acids is 1. The summed E-state index contributed by atoms with van der Waals surface area (Å²) in [5, 5.41) is 0. The second-order valence-corrected chi connectivity index (χ2v) is 4.66. The zero-order chi connectivity index (χ0) is 12.3. The summed E-state index contributed by atoms with van der Waals surface area (Å²) in [5.41, 5.74) is 0.811. The van der Waals surface area contributed by atoms with Gasteiger partial charge in [-0.05, 0) is 37.1 Å². The lowest BCUT2D eigenvalue weighted by atomic mass is 9.93. The minimum Gasteiger partial charge on any atom is -0.310 e. The lowest BCUT2D eigenvalue weighted by Crippen LogP contribution is -2.40. The van der Waals surface area contributed by atoms with E-state index >= 15 is 0 Å². The predicted molar refractivity (Wildman–Crippen MR) is 66.4 cm³/mol. The maximum Gasteiger partial charge on any atom is 0.224 e. The third-order valence-electron chi connectivity index (χ3n) is 3.38. The highest BCUT2D eigenvalue weighted by molar-refractivity contribution is 5.92. The van der Waals surface area contributed by atoms with Crippen LogP contribution < -0.4 is 4.90 Å². The Morgan fingerprint density at radius 1 is 1.18 bits per heavy atom. The van der Waals surface area contributed by atoms with Gasteiger partial charge in [0.15, 0.2) is 0 Å². The zero-order valence-corrected chi connectivity index (χ0v) is 10.2. The Hall–Kier alpha value is -1.38. The Morgan fingerprint density at radius 3 is 2.29 bits per heavy atom. The topological polar surface area (TPSA) is 20.3 Å². The number of rotatable bonds is 2. The van der Waals surface area contributed by atoms with Crippen LogP contribution in [0.3, 0.4) is 0 Å². The van der Waals surface area contributed by atoms with Gasteiger partial charge in [0.2, 0.25) is 5.91 Å². The molecule has 3 heteroatoms. The second-order valence-electron chi connectivity index (χ2n) is 4.66. The zero-order valence-electron chi connectivity index (χ0n) is 10.2. The summed E-state index contributed by atoms with van der Waals surface area (Å²) in [6.07, 6.45) is 5.71. The van der Waals surface area contributed by atoms with Crippen molar-refractivity contribution < 1.29 is 9.18 Å². The van der Waals surface area contributed by atoms with E-state index in [1.807, 2.05) is 4.90 Å². The van der Waals surface area contributed by atoms with E-state index in [0.717, 1.165) is 18.5 Å². The minimum absolute atomic E-state index is 0.0449. The van der Waals surface area contributed by atoms with Crippen LogP contribution in [0.4, 0.5) is 10.1 Å². The van der Waals surface area contributed by atoms with E-state index in [0.29, 0.717) is 0 Å². The number of hydrogen-bond donors (Lipinski definition) is 0. The molecule has 2 rings (SSSR count). The van der Waals surface area contributed by atoms with Crippen molar-refractivity contribution in [3.63, 3.8) is 0 Å². The van der Waals surface area contributed by atoms with Crippen molar-refractivity contribution in [1.29, 1.82) is 0 Å². The average Bonchev–Trinajstić information content (AvgIpc) is 2.33. The van der Waals surface area contributed by atoms with Gasteiger partial charge in [-0.2, -0.15) is 0 Å². The van der Waals surface area contributed by atoms with E-state index in [1.54, 1.807) is 19.1 Å². The molecular weight excluding hydrogens is 217 g/mol. The lowest BCUT2D eigenvalue weighted by Gasteiger charge is -2.33. The molecule has 0 aromatic heterocycles. The average molecular weight is 235 g/mol. The van der Waals surface area contributed by atoms with E-state index in [4.69, 9.17) is 0 Å². The maximum absolute atomic E-state index is 12.9. The molecule has 1 aromatic carbocycles. The van der Waals surface area contributed by atoms with Crippen molar-refractivity contribution >= 4 is 11.6 Å². The first-order valence-corrected chi connectivity index (χ1v) is 6.24. The van der Waals surface area contributed by atoms with Gasteiger partial charge >= 0.3 is 0 Å². The Labute approximate surface area is 101 Å².